The van der Waals surface area contributed by atoms with E-state index in [1.54, 1.807) is 12.3 Å². The molecule has 2 aromatic rings. The number of carbonyl (C=O) groups excluding carboxylic acids is 1. The lowest BCUT2D eigenvalue weighted by molar-refractivity contribution is -0.253. The van der Waals surface area contributed by atoms with Gasteiger partial charge in [-0.25, -0.2) is 4.98 Å². The molecule has 0 radical (unpaired) electrons. The molecular formula is C16H15F4N3O3S. The average Bonchev–Trinajstić information content (AvgIpc) is 3.02. The number of hydrazone groups is 1. The third kappa shape index (κ3) is 6.51. The van der Waals surface area contributed by atoms with Crippen LogP contribution in [0.3, 0.4) is 0 Å². The monoisotopic (exact) mass is 405 g/mol. The van der Waals surface area contributed by atoms with Gasteiger partial charge in [-0.15, -0.1) is 11.3 Å². The highest BCUT2D eigenvalue weighted by atomic mass is 32.1. The first kappa shape index (κ1) is 20.6. The smallest absolute Gasteiger partial charge is 0.461 e. The minimum atomic E-state index is -4.58. The molecule has 1 aromatic heterocycles. The summed E-state index contributed by atoms with van der Waals surface area (Å²) < 4.78 is 59.0. The number of aromatic nitrogens is 1. The summed E-state index contributed by atoms with van der Waals surface area (Å²) >= 11 is 1.21. The zero-order valence-corrected chi connectivity index (χ0v) is 14.8. The van der Waals surface area contributed by atoms with Gasteiger partial charge in [0.05, 0.1) is 24.9 Å². The maximum Gasteiger partial charge on any atom is 0.461 e. The third-order valence-corrected chi connectivity index (χ3v) is 3.72. The largest absolute Gasteiger partial charge is 0.466 e. The van der Waals surface area contributed by atoms with Crippen molar-refractivity contribution < 1.29 is 31.8 Å². The molecular weight excluding hydrogens is 390 g/mol. The first-order valence-electron chi connectivity index (χ1n) is 7.64. The van der Waals surface area contributed by atoms with Gasteiger partial charge in [0.1, 0.15) is 5.75 Å². The fourth-order valence-electron chi connectivity index (χ4n) is 1.82. The Morgan fingerprint density at radius 3 is 2.93 bits per heavy atom. The van der Waals surface area contributed by atoms with Crippen molar-refractivity contribution in [2.45, 2.75) is 25.9 Å². The molecule has 0 aliphatic carbocycles. The highest BCUT2D eigenvalue weighted by Crippen LogP contribution is 2.27. The molecule has 6 nitrogen and oxygen atoms in total. The number of nitrogens with one attached hydrogen (secondary N) is 1. The molecule has 0 aliphatic rings. The van der Waals surface area contributed by atoms with E-state index >= 15 is 0 Å². The quantitative estimate of drug-likeness (QED) is 0.296. The van der Waals surface area contributed by atoms with Gasteiger partial charge in [0.2, 0.25) is 5.13 Å². The number of ether oxygens (including phenoxy) is 2. The van der Waals surface area contributed by atoms with Crippen molar-refractivity contribution in [2.24, 2.45) is 5.10 Å². The van der Waals surface area contributed by atoms with Crippen LogP contribution >= 0.6 is 11.3 Å². The van der Waals surface area contributed by atoms with Crippen LogP contribution in [-0.4, -0.2) is 36.3 Å². The molecule has 0 atom stereocenters. The second-order valence-corrected chi connectivity index (χ2v) is 5.89. The highest BCUT2D eigenvalue weighted by Gasteiger charge is 2.43. The van der Waals surface area contributed by atoms with E-state index in [0.29, 0.717) is 16.4 Å². The van der Waals surface area contributed by atoms with Crippen molar-refractivity contribution in [3.8, 4) is 5.75 Å². The number of halogens is 4. The summed E-state index contributed by atoms with van der Waals surface area (Å²) in [6.07, 6.45) is -7.21. The molecule has 11 heteroatoms. The molecule has 0 aliphatic heterocycles. The Morgan fingerprint density at radius 2 is 2.22 bits per heavy atom. The van der Waals surface area contributed by atoms with Crippen LogP contribution in [0.4, 0.5) is 22.7 Å². The topological polar surface area (TPSA) is 72.8 Å². The van der Waals surface area contributed by atoms with Crippen LogP contribution in [0.25, 0.3) is 0 Å². The summed E-state index contributed by atoms with van der Waals surface area (Å²) in [5, 5.41) is 5.95. The zero-order valence-electron chi connectivity index (χ0n) is 14.0. The van der Waals surface area contributed by atoms with E-state index in [4.69, 9.17) is 4.74 Å². The van der Waals surface area contributed by atoms with Crippen LogP contribution in [0.2, 0.25) is 0 Å². The van der Waals surface area contributed by atoms with Crippen LogP contribution in [0.5, 0.6) is 5.75 Å². The lowest BCUT2D eigenvalue weighted by atomic mass is 10.2. The number of hydrogen-bond acceptors (Lipinski definition) is 7. The van der Waals surface area contributed by atoms with Crippen LogP contribution in [-0.2, 0) is 16.0 Å². The van der Waals surface area contributed by atoms with Gasteiger partial charge in [0.25, 0.3) is 0 Å². The van der Waals surface area contributed by atoms with Gasteiger partial charge in [-0.2, -0.15) is 22.7 Å². The predicted molar refractivity (Wildman–Crippen MR) is 91.7 cm³/mol. The van der Waals surface area contributed by atoms with E-state index in [0.717, 1.165) is 12.1 Å². The normalized spacial score (nSPS) is 11.8. The highest BCUT2D eigenvalue weighted by molar-refractivity contribution is 7.13. The van der Waals surface area contributed by atoms with E-state index in [1.165, 1.54) is 29.7 Å². The van der Waals surface area contributed by atoms with E-state index in [2.05, 4.69) is 20.2 Å². The lowest BCUT2D eigenvalue weighted by Crippen LogP contribution is -2.33. The number of alkyl halides is 4. The summed E-state index contributed by atoms with van der Waals surface area (Å²) in [4.78, 5) is 15.5. The molecule has 0 fully saturated rings. The summed E-state index contributed by atoms with van der Waals surface area (Å²) in [7, 11) is 0. The molecule has 1 aromatic carbocycles. The summed E-state index contributed by atoms with van der Waals surface area (Å²) in [6.45, 7) is 1.99. The lowest BCUT2D eigenvalue weighted by Gasteiger charge is -2.16. The Balaban J connectivity index is 1.94. The number of esters is 1. The molecule has 0 bridgehead atoms. The number of nitrogens with zero attached hydrogens (tertiary/aromatic N) is 2. The molecule has 27 heavy (non-hydrogen) atoms. The van der Waals surface area contributed by atoms with Gasteiger partial charge >= 0.3 is 18.5 Å². The van der Waals surface area contributed by atoms with Crippen molar-refractivity contribution >= 4 is 28.7 Å². The molecule has 0 spiro atoms. The Bertz CT molecular complexity index is 799. The Labute approximate surface area is 155 Å². The maximum absolute atomic E-state index is 12.9. The Morgan fingerprint density at radius 1 is 1.44 bits per heavy atom. The van der Waals surface area contributed by atoms with E-state index in [-0.39, 0.29) is 13.0 Å². The van der Waals surface area contributed by atoms with Gasteiger partial charge in [-0.3, -0.25) is 10.2 Å². The first-order valence-corrected chi connectivity index (χ1v) is 8.52. The first-order chi connectivity index (χ1) is 12.8. The average molecular weight is 405 g/mol. The van der Waals surface area contributed by atoms with Crippen molar-refractivity contribution in [3.05, 3.63) is 40.9 Å². The fourth-order valence-corrected chi connectivity index (χ4v) is 2.48. The summed E-state index contributed by atoms with van der Waals surface area (Å²) in [6, 6.07) is 5.14. The van der Waals surface area contributed by atoms with Gasteiger partial charge in [0.15, 0.2) is 0 Å². The van der Waals surface area contributed by atoms with Crippen molar-refractivity contribution in [1.82, 2.24) is 4.98 Å². The molecule has 1 heterocycles. The molecule has 0 saturated heterocycles. The van der Waals surface area contributed by atoms with Crippen molar-refractivity contribution in [1.29, 1.82) is 0 Å². The third-order valence-electron chi connectivity index (χ3n) is 2.92. The number of thiazole rings is 1. The van der Waals surface area contributed by atoms with Gasteiger partial charge in [-0.05, 0) is 24.6 Å². The van der Waals surface area contributed by atoms with E-state index < -0.39 is 24.3 Å². The number of rotatable bonds is 9. The van der Waals surface area contributed by atoms with E-state index in [9.17, 15) is 22.4 Å². The predicted octanol–water partition coefficient (Wildman–Crippen LogP) is 3.93. The molecule has 2 rings (SSSR count). The second-order valence-electron chi connectivity index (χ2n) is 5.03. The SMILES string of the molecule is CCOC(=O)Cc1csc(NN=Cc2cccc(OC(F)(F)C(F)F)c2)n1. The van der Waals surface area contributed by atoms with Crippen molar-refractivity contribution in [3.63, 3.8) is 0 Å². The van der Waals surface area contributed by atoms with Gasteiger partial charge < -0.3 is 9.47 Å². The number of hydrogen-bond donors (Lipinski definition) is 1. The molecule has 0 unspecified atom stereocenters. The van der Waals surface area contributed by atoms with Crippen LogP contribution in [0, 0.1) is 0 Å². The molecule has 0 saturated carbocycles. The molecule has 146 valence electrons. The molecule has 0 amide bonds. The van der Waals surface area contributed by atoms with Gasteiger partial charge in [-0.1, -0.05) is 12.1 Å². The Hall–Kier alpha value is -2.69. The standard InChI is InChI=1S/C16H15F4N3O3S/c1-2-25-13(24)7-11-9-27-15(22-11)23-21-8-10-4-3-5-12(6-10)26-16(19,20)14(17)18/h3-6,8-9,14H,2,7H2,1H3,(H,22,23). The summed E-state index contributed by atoms with van der Waals surface area (Å²) in [5.41, 5.74) is 3.48. The summed E-state index contributed by atoms with van der Waals surface area (Å²) in [5.74, 6) is -0.814. The van der Waals surface area contributed by atoms with Crippen LogP contribution in [0.15, 0.2) is 34.7 Å². The molecule has 1 N–H and O–H groups in total. The van der Waals surface area contributed by atoms with E-state index in [1.807, 2.05) is 0 Å². The van der Waals surface area contributed by atoms with Crippen LogP contribution in [0.1, 0.15) is 18.2 Å². The number of benzene rings is 1. The van der Waals surface area contributed by atoms with Crippen molar-refractivity contribution in [2.75, 3.05) is 12.0 Å². The second kappa shape index (κ2) is 9.31. The van der Waals surface area contributed by atoms with Gasteiger partial charge in [0, 0.05) is 5.38 Å². The maximum atomic E-state index is 12.9. The minimum absolute atomic E-state index is 0.0352. The zero-order chi connectivity index (χ0) is 19.9. The minimum Gasteiger partial charge on any atom is -0.466 e. The number of carbonyl (C=O) groups is 1. The fraction of sp³-hybridized carbons (Fsp3) is 0.312. The van der Waals surface area contributed by atoms with Crippen LogP contribution < -0.4 is 10.2 Å². The Kier molecular flexibility index (Phi) is 7.11. The number of anilines is 1.